The zero-order chi connectivity index (χ0) is 13.1. The molecule has 1 saturated heterocycles. The van der Waals surface area contributed by atoms with E-state index >= 15 is 0 Å². The highest BCUT2D eigenvalue weighted by atomic mass is 16.3. The Balaban J connectivity index is 2.40. The average Bonchev–Trinajstić information content (AvgIpc) is 2.26. The fraction of sp³-hybridized carbons (Fsp3) is 1.00. The second kappa shape index (κ2) is 6.17. The summed E-state index contributed by atoms with van der Waals surface area (Å²) in [5.74, 6) is 1.01. The van der Waals surface area contributed by atoms with E-state index in [-0.39, 0.29) is 0 Å². The monoisotopic (exact) mass is 242 g/mol. The lowest BCUT2D eigenvalue weighted by molar-refractivity contribution is -0.000642. The van der Waals surface area contributed by atoms with Crippen molar-refractivity contribution >= 4 is 0 Å². The second-order valence-electron chi connectivity index (χ2n) is 6.18. The molecular formula is C14H30N2O. The molecule has 1 heterocycles. The molecule has 17 heavy (non-hydrogen) atoms. The van der Waals surface area contributed by atoms with Crippen molar-refractivity contribution in [2.24, 2.45) is 11.8 Å². The SMILES string of the molecule is CCC(C)C(C)(O)CNC1CCN(C)CC1C. The van der Waals surface area contributed by atoms with Crippen molar-refractivity contribution < 1.29 is 5.11 Å². The lowest BCUT2D eigenvalue weighted by Gasteiger charge is -2.38. The van der Waals surface area contributed by atoms with E-state index in [1.807, 2.05) is 6.92 Å². The van der Waals surface area contributed by atoms with Gasteiger partial charge in [-0.25, -0.2) is 0 Å². The van der Waals surface area contributed by atoms with Crippen LogP contribution in [0, 0.1) is 11.8 Å². The Labute approximate surface area is 107 Å². The van der Waals surface area contributed by atoms with Crippen LogP contribution in [0.3, 0.4) is 0 Å². The number of nitrogens with one attached hydrogen (secondary N) is 1. The summed E-state index contributed by atoms with van der Waals surface area (Å²) in [6, 6.07) is 0.557. The third kappa shape index (κ3) is 4.23. The molecule has 0 aliphatic carbocycles. The predicted octanol–water partition coefficient (Wildman–Crippen LogP) is 1.71. The molecule has 1 aliphatic heterocycles. The first-order chi connectivity index (χ1) is 7.86. The Morgan fingerprint density at radius 1 is 1.53 bits per heavy atom. The van der Waals surface area contributed by atoms with Gasteiger partial charge in [0.2, 0.25) is 0 Å². The van der Waals surface area contributed by atoms with Gasteiger partial charge in [-0.1, -0.05) is 27.2 Å². The Hall–Kier alpha value is -0.120. The summed E-state index contributed by atoms with van der Waals surface area (Å²) in [7, 11) is 2.18. The van der Waals surface area contributed by atoms with Crippen molar-refractivity contribution in [1.82, 2.24) is 10.2 Å². The Morgan fingerprint density at radius 3 is 2.71 bits per heavy atom. The van der Waals surface area contributed by atoms with Gasteiger partial charge in [0.15, 0.2) is 0 Å². The Kier molecular flexibility index (Phi) is 5.42. The number of aliphatic hydroxyl groups is 1. The minimum atomic E-state index is -0.585. The molecular weight excluding hydrogens is 212 g/mol. The van der Waals surface area contributed by atoms with Crippen molar-refractivity contribution in [2.75, 3.05) is 26.7 Å². The normalized spacial score (nSPS) is 32.1. The van der Waals surface area contributed by atoms with Crippen LogP contribution in [0.2, 0.25) is 0 Å². The quantitative estimate of drug-likeness (QED) is 0.770. The number of piperidine rings is 1. The first kappa shape index (κ1) is 14.9. The Morgan fingerprint density at radius 2 is 2.18 bits per heavy atom. The lowest BCUT2D eigenvalue weighted by atomic mass is 9.87. The minimum absolute atomic E-state index is 0.344. The van der Waals surface area contributed by atoms with E-state index in [0.29, 0.717) is 24.4 Å². The van der Waals surface area contributed by atoms with Gasteiger partial charge >= 0.3 is 0 Å². The highest BCUT2D eigenvalue weighted by Crippen LogP contribution is 2.21. The van der Waals surface area contributed by atoms with Crippen LogP contribution in [-0.4, -0.2) is 48.3 Å². The third-order valence-corrected chi connectivity index (χ3v) is 4.50. The molecule has 0 bridgehead atoms. The fourth-order valence-electron chi connectivity index (χ4n) is 2.61. The number of hydrogen-bond acceptors (Lipinski definition) is 3. The van der Waals surface area contributed by atoms with Crippen molar-refractivity contribution in [2.45, 2.75) is 52.2 Å². The molecule has 0 radical (unpaired) electrons. The molecule has 4 atom stereocenters. The van der Waals surface area contributed by atoms with Gasteiger partial charge in [-0.3, -0.25) is 0 Å². The number of hydrogen-bond donors (Lipinski definition) is 2. The smallest absolute Gasteiger partial charge is 0.0768 e. The molecule has 102 valence electrons. The molecule has 0 saturated carbocycles. The van der Waals surface area contributed by atoms with Crippen LogP contribution in [0.4, 0.5) is 0 Å². The highest BCUT2D eigenvalue weighted by Gasteiger charge is 2.30. The summed E-state index contributed by atoms with van der Waals surface area (Å²) in [6.45, 7) is 11.5. The molecule has 1 rings (SSSR count). The molecule has 0 aromatic heterocycles. The maximum absolute atomic E-state index is 10.4. The standard InChI is InChI=1S/C14H30N2O/c1-6-12(3)14(4,17)10-15-13-7-8-16(5)9-11(13)2/h11-13,15,17H,6-10H2,1-5H3. The maximum atomic E-state index is 10.4. The molecule has 3 nitrogen and oxygen atoms in total. The van der Waals surface area contributed by atoms with E-state index in [1.165, 1.54) is 6.42 Å². The molecule has 1 fully saturated rings. The van der Waals surface area contributed by atoms with Crippen LogP contribution >= 0.6 is 0 Å². The first-order valence-corrected chi connectivity index (χ1v) is 7.01. The molecule has 0 amide bonds. The molecule has 4 unspecified atom stereocenters. The van der Waals surface area contributed by atoms with Gasteiger partial charge in [0.05, 0.1) is 5.60 Å². The van der Waals surface area contributed by atoms with Crippen LogP contribution in [0.5, 0.6) is 0 Å². The van der Waals surface area contributed by atoms with Crippen LogP contribution in [0.15, 0.2) is 0 Å². The second-order valence-corrected chi connectivity index (χ2v) is 6.18. The van der Waals surface area contributed by atoms with Gasteiger partial charge in [0.25, 0.3) is 0 Å². The van der Waals surface area contributed by atoms with E-state index < -0.39 is 5.60 Å². The van der Waals surface area contributed by atoms with Crippen molar-refractivity contribution in [3.05, 3.63) is 0 Å². The molecule has 1 aliphatic rings. The number of rotatable bonds is 5. The minimum Gasteiger partial charge on any atom is -0.389 e. The third-order valence-electron chi connectivity index (χ3n) is 4.50. The van der Waals surface area contributed by atoms with Crippen LogP contribution in [0.1, 0.15) is 40.5 Å². The topological polar surface area (TPSA) is 35.5 Å². The van der Waals surface area contributed by atoms with Gasteiger partial charge < -0.3 is 15.3 Å². The molecule has 0 aromatic rings. The molecule has 2 N–H and O–H groups in total. The predicted molar refractivity (Wildman–Crippen MR) is 73.1 cm³/mol. The van der Waals surface area contributed by atoms with E-state index in [1.54, 1.807) is 0 Å². The van der Waals surface area contributed by atoms with Gasteiger partial charge in [-0.05, 0) is 38.8 Å². The van der Waals surface area contributed by atoms with Gasteiger partial charge in [0.1, 0.15) is 0 Å². The van der Waals surface area contributed by atoms with Crippen molar-refractivity contribution in [3.8, 4) is 0 Å². The number of likely N-dealkylation sites (tertiary alicyclic amines) is 1. The first-order valence-electron chi connectivity index (χ1n) is 7.01. The molecule has 0 spiro atoms. The summed E-state index contributed by atoms with van der Waals surface area (Å²) >= 11 is 0. The van der Waals surface area contributed by atoms with Crippen LogP contribution in [-0.2, 0) is 0 Å². The summed E-state index contributed by atoms with van der Waals surface area (Å²) < 4.78 is 0. The largest absolute Gasteiger partial charge is 0.389 e. The van der Waals surface area contributed by atoms with Crippen LogP contribution in [0.25, 0.3) is 0 Å². The van der Waals surface area contributed by atoms with E-state index in [4.69, 9.17) is 0 Å². The summed E-state index contributed by atoms with van der Waals surface area (Å²) in [5.41, 5.74) is -0.585. The summed E-state index contributed by atoms with van der Waals surface area (Å²) in [4.78, 5) is 2.38. The average molecular weight is 242 g/mol. The summed E-state index contributed by atoms with van der Waals surface area (Å²) in [5, 5.41) is 13.9. The number of nitrogens with zero attached hydrogens (tertiary/aromatic N) is 1. The van der Waals surface area contributed by atoms with Crippen LogP contribution < -0.4 is 5.32 Å². The highest BCUT2D eigenvalue weighted by molar-refractivity contribution is 4.87. The molecule has 3 heteroatoms. The summed E-state index contributed by atoms with van der Waals surface area (Å²) in [6.07, 6.45) is 2.21. The fourth-order valence-corrected chi connectivity index (χ4v) is 2.61. The van der Waals surface area contributed by atoms with Crippen molar-refractivity contribution in [1.29, 1.82) is 0 Å². The van der Waals surface area contributed by atoms with Crippen molar-refractivity contribution in [3.63, 3.8) is 0 Å². The van der Waals surface area contributed by atoms with E-state index in [0.717, 1.165) is 19.5 Å². The Bertz CT molecular complexity index is 230. The van der Waals surface area contributed by atoms with Gasteiger partial charge in [0, 0.05) is 19.1 Å². The lowest BCUT2D eigenvalue weighted by Crippen LogP contribution is -2.52. The molecule has 0 aromatic carbocycles. The zero-order valence-corrected chi connectivity index (χ0v) is 12.2. The van der Waals surface area contributed by atoms with Gasteiger partial charge in [-0.2, -0.15) is 0 Å². The van der Waals surface area contributed by atoms with E-state index in [2.05, 4.69) is 38.0 Å². The van der Waals surface area contributed by atoms with Gasteiger partial charge in [-0.15, -0.1) is 0 Å². The van der Waals surface area contributed by atoms with E-state index in [9.17, 15) is 5.11 Å². The maximum Gasteiger partial charge on any atom is 0.0768 e. The zero-order valence-electron chi connectivity index (χ0n) is 12.2.